The molecule has 1 aromatic carbocycles. The summed E-state index contributed by atoms with van der Waals surface area (Å²) in [5.74, 6) is 0.449. The van der Waals surface area contributed by atoms with E-state index in [0.29, 0.717) is 25.4 Å². The molecule has 144 valence electrons. The first kappa shape index (κ1) is 20.6. The fourth-order valence-corrected chi connectivity index (χ4v) is 3.71. The second-order valence-electron chi connectivity index (χ2n) is 6.37. The quantitative estimate of drug-likeness (QED) is 0.760. The largest absolute Gasteiger partial charge is 0.450 e. The van der Waals surface area contributed by atoms with Crippen LogP contribution in [-0.4, -0.2) is 58.7 Å². The summed E-state index contributed by atoms with van der Waals surface area (Å²) in [6.07, 6.45) is 0.601. The van der Waals surface area contributed by atoms with Gasteiger partial charge < -0.3 is 20.1 Å². The first-order valence-corrected chi connectivity index (χ1v) is 10.1. The number of carbonyl (C=O) groups excluding carboxylic acids is 2. The number of carbonyl (C=O) groups is 2. The van der Waals surface area contributed by atoms with Crippen molar-refractivity contribution in [2.24, 2.45) is 0 Å². The van der Waals surface area contributed by atoms with Gasteiger partial charge in [0, 0.05) is 24.9 Å². The van der Waals surface area contributed by atoms with Gasteiger partial charge in [-0.15, -0.1) is 11.8 Å². The van der Waals surface area contributed by atoms with Crippen molar-refractivity contribution in [3.63, 3.8) is 0 Å². The fourth-order valence-electron chi connectivity index (χ4n) is 2.82. The summed E-state index contributed by atoms with van der Waals surface area (Å²) < 4.78 is 5.00. The van der Waals surface area contributed by atoms with Crippen LogP contribution in [0.4, 0.5) is 4.79 Å². The Balaban J connectivity index is 1.70. The molecule has 0 aliphatic carbocycles. The van der Waals surface area contributed by atoms with Crippen LogP contribution < -0.4 is 5.32 Å². The van der Waals surface area contributed by atoms with Gasteiger partial charge in [0.15, 0.2) is 0 Å². The van der Waals surface area contributed by atoms with Crippen LogP contribution in [0.3, 0.4) is 0 Å². The van der Waals surface area contributed by atoms with Crippen molar-refractivity contribution in [1.82, 2.24) is 10.2 Å². The van der Waals surface area contributed by atoms with E-state index in [2.05, 4.69) is 5.32 Å². The van der Waals surface area contributed by atoms with Gasteiger partial charge in [-0.3, -0.25) is 4.79 Å². The molecule has 2 rings (SSSR count). The van der Waals surface area contributed by atoms with E-state index in [-0.39, 0.29) is 23.3 Å². The molecule has 1 saturated heterocycles. The molecular formula is C19H28N2O4S. The third-order valence-electron chi connectivity index (χ3n) is 4.43. The number of nitrogens with zero attached hydrogens (tertiary/aromatic N) is 1. The SMILES string of the molecule is CCOC(=O)N1CCC(NC(=O)C(C)SCC(O)c2ccccc2)CC1. The Hall–Kier alpha value is -1.73. The van der Waals surface area contributed by atoms with Gasteiger partial charge in [0.25, 0.3) is 0 Å². The van der Waals surface area contributed by atoms with Gasteiger partial charge in [0.1, 0.15) is 0 Å². The lowest BCUT2D eigenvalue weighted by atomic mass is 10.1. The average molecular weight is 381 g/mol. The van der Waals surface area contributed by atoms with Crippen molar-refractivity contribution < 1.29 is 19.4 Å². The molecule has 0 radical (unpaired) electrons. The number of likely N-dealkylation sites (tertiary alicyclic amines) is 1. The van der Waals surface area contributed by atoms with Crippen LogP contribution in [0.5, 0.6) is 0 Å². The first-order valence-electron chi connectivity index (χ1n) is 9.08. The zero-order valence-electron chi connectivity index (χ0n) is 15.4. The maximum Gasteiger partial charge on any atom is 0.409 e. The Morgan fingerprint density at radius 1 is 1.31 bits per heavy atom. The fraction of sp³-hybridized carbons (Fsp3) is 0.579. The summed E-state index contributed by atoms with van der Waals surface area (Å²) in [4.78, 5) is 25.7. The maximum atomic E-state index is 12.4. The van der Waals surface area contributed by atoms with Crippen LogP contribution in [0.1, 0.15) is 38.4 Å². The number of rotatable bonds is 7. The molecule has 0 aromatic heterocycles. The maximum absolute atomic E-state index is 12.4. The van der Waals surface area contributed by atoms with E-state index >= 15 is 0 Å². The molecule has 6 nitrogen and oxygen atoms in total. The van der Waals surface area contributed by atoms with Crippen LogP contribution >= 0.6 is 11.8 Å². The van der Waals surface area contributed by atoms with Crippen molar-refractivity contribution in [2.75, 3.05) is 25.4 Å². The van der Waals surface area contributed by atoms with E-state index in [9.17, 15) is 14.7 Å². The molecule has 0 spiro atoms. The number of amides is 2. The molecule has 26 heavy (non-hydrogen) atoms. The molecule has 0 bridgehead atoms. The van der Waals surface area contributed by atoms with E-state index in [4.69, 9.17) is 4.74 Å². The van der Waals surface area contributed by atoms with Gasteiger partial charge in [-0.05, 0) is 32.3 Å². The number of aliphatic hydroxyl groups excluding tert-OH is 1. The Kier molecular flexibility index (Phi) is 8.25. The number of hydrogen-bond acceptors (Lipinski definition) is 5. The van der Waals surface area contributed by atoms with Crippen molar-refractivity contribution >= 4 is 23.8 Å². The topological polar surface area (TPSA) is 78.9 Å². The number of hydrogen-bond donors (Lipinski definition) is 2. The van der Waals surface area contributed by atoms with Crippen molar-refractivity contribution in [1.29, 1.82) is 0 Å². The van der Waals surface area contributed by atoms with Crippen LogP contribution in [0.2, 0.25) is 0 Å². The number of ether oxygens (including phenoxy) is 1. The smallest absolute Gasteiger partial charge is 0.409 e. The van der Waals surface area contributed by atoms with Gasteiger partial charge in [-0.2, -0.15) is 0 Å². The third-order valence-corrected chi connectivity index (χ3v) is 5.65. The summed E-state index contributed by atoms with van der Waals surface area (Å²) in [7, 11) is 0. The first-order chi connectivity index (χ1) is 12.5. The zero-order chi connectivity index (χ0) is 18.9. The lowest BCUT2D eigenvalue weighted by molar-refractivity contribution is -0.121. The summed E-state index contributed by atoms with van der Waals surface area (Å²) in [5, 5.41) is 13.0. The highest BCUT2D eigenvalue weighted by molar-refractivity contribution is 8.00. The molecule has 2 unspecified atom stereocenters. The predicted molar refractivity (Wildman–Crippen MR) is 103 cm³/mol. The lowest BCUT2D eigenvalue weighted by Gasteiger charge is -2.32. The highest BCUT2D eigenvalue weighted by Gasteiger charge is 2.26. The molecule has 0 saturated carbocycles. The summed E-state index contributed by atoms with van der Waals surface area (Å²) in [6.45, 7) is 5.21. The Labute approximate surface area is 159 Å². The molecule has 2 atom stereocenters. The van der Waals surface area contributed by atoms with Crippen molar-refractivity contribution in [2.45, 2.75) is 44.1 Å². The predicted octanol–water partition coefficient (Wildman–Crippen LogP) is 2.58. The number of piperidine rings is 1. The second kappa shape index (κ2) is 10.4. The number of thioether (sulfide) groups is 1. The molecule has 2 N–H and O–H groups in total. The van der Waals surface area contributed by atoms with Crippen LogP contribution in [0.15, 0.2) is 30.3 Å². The van der Waals surface area contributed by atoms with Crippen LogP contribution in [0.25, 0.3) is 0 Å². The Morgan fingerprint density at radius 2 is 1.96 bits per heavy atom. The van der Waals surface area contributed by atoms with E-state index < -0.39 is 6.10 Å². The minimum Gasteiger partial charge on any atom is -0.450 e. The molecule has 2 amide bonds. The van der Waals surface area contributed by atoms with Crippen molar-refractivity contribution in [3.05, 3.63) is 35.9 Å². The third kappa shape index (κ3) is 6.21. The number of nitrogens with one attached hydrogen (secondary N) is 1. The van der Waals surface area contributed by atoms with Crippen molar-refractivity contribution in [3.8, 4) is 0 Å². The summed E-state index contributed by atoms with van der Waals surface area (Å²) >= 11 is 1.44. The number of benzene rings is 1. The minimum atomic E-state index is -0.579. The highest BCUT2D eigenvalue weighted by atomic mass is 32.2. The van der Waals surface area contributed by atoms with E-state index in [0.717, 1.165) is 18.4 Å². The second-order valence-corrected chi connectivity index (χ2v) is 7.74. The summed E-state index contributed by atoms with van der Waals surface area (Å²) in [5.41, 5.74) is 0.860. The minimum absolute atomic E-state index is 0.0233. The van der Waals surface area contributed by atoms with E-state index in [1.165, 1.54) is 11.8 Å². The van der Waals surface area contributed by atoms with Gasteiger partial charge in [0.2, 0.25) is 5.91 Å². The van der Waals surface area contributed by atoms with E-state index in [1.807, 2.05) is 37.3 Å². The molecule has 1 aliphatic rings. The van der Waals surface area contributed by atoms with Gasteiger partial charge in [-0.25, -0.2) is 4.79 Å². The van der Waals surface area contributed by atoms with Gasteiger partial charge >= 0.3 is 6.09 Å². The van der Waals surface area contributed by atoms with Gasteiger partial charge in [0.05, 0.1) is 18.0 Å². The molecule has 7 heteroatoms. The standard InChI is InChI=1S/C19H28N2O4S/c1-3-25-19(24)21-11-9-16(10-12-21)20-18(23)14(2)26-13-17(22)15-7-5-4-6-8-15/h4-8,14,16-17,22H,3,9-13H2,1-2H3,(H,20,23). The number of aliphatic hydroxyl groups is 1. The normalized spacial score (nSPS) is 17.4. The Bertz CT molecular complexity index is 576. The molecular weight excluding hydrogens is 352 g/mol. The molecule has 1 aliphatic heterocycles. The molecule has 1 aromatic rings. The molecule has 1 fully saturated rings. The summed E-state index contributed by atoms with van der Waals surface area (Å²) in [6, 6.07) is 9.53. The zero-order valence-corrected chi connectivity index (χ0v) is 16.2. The average Bonchev–Trinajstić information content (AvgIpc) is 2.67. The molecule has 1 heterocycles. The van der Waals surface area contributed by atoms with E-state index in [1.54, 1.807) is 11.8 Å². The lowest BCUT2D eigenvalue weighted by Crippen LogP contribution is -2.48. The van der Waals surface area contributed by atoms with Crippen LogP contribution in [-0.2, 0) is 9.53 Å². The van der Waals surface area contributed by atoms with Crippen LogP contribution in [0, 0.1) is 0 Å². The highest BCUT2D eigenvalue weighted by Crippen LogP contribution is 2.22. The monoisotopic (exact) mass is 380 g/mol. The Morgan fingerprint density at radius 3 is 2.58 bits per heavy atom. The van der Waals surface area contributed by atoms with Gasteiger partial charge in [-0.1, -0.05) is 30.3 Å².